The van der Waals surface area contributed by atoms with Crippen LogP contribution in [0.1, 0.15) is 11.1 Å². The van der Waals surface area contributed by atoms with Gasteiger partial charge in [-0.2, -0.15) is 0 Å². The summed E-state index contributed by atoms with van der Waals surface area (Å²) in [5.74, 6) is 1.73. The maximum absolute atomic E-state index is 5.94. The lowest BCUT2D eigenvalue weighted by Crippen LogP contribution is -2.16. The van der Waals surface area contributed by atoms with E-state index in [1.165, 1.54) is 5.56 Å². The normalized spacial score (nSPS) is 10.4. The van der Waals surface area contributed by atoms with Crippen LogP contribution >= 0.6 is 0 Å². The second-order valence-corrected chi connectivity index (χ2v) is 7.04. The Morgan fingerprint density at radius 3 is 1.77 bits per heavy atom. The van der Waals surface area contributed by atoms with Crippen molar-refractivity contribution in [3.8, 4) is 11.5 Å². The third-order valence-corrected chi connectivity index (χ3v) is 4.96. The van der Waals surface area contributed by atoms with Crippen LogP contribution in [-0.2, 0) is 13.2 Å². The molecule has 0 amide bonds. The number of nitrogens with zero attached hydrogens (tertiary/aromatic N) is 1. The molecule has 4 rings (SSSR count). The van der Waals surface area contributed by atoms with Gasteiger partial charge in [0.05, 0.1) is 7.11 Å². The molecule has 4 aromatic carbocycles. The number of para-hydroxylation sites is 1. The van der Waals surface area contributed by atoms with Crippen LogP contribution in [0.4, 0.5) is 11.4 Å². The van der Waals surface area contributed by atoms with Gasteiger partial charge in [-0.3, -0.25) is 0 Å². The van der Waals surface area contributed by atoms with Crippen molar-refractivity contribution < 1.29 is 9.47 Å². The molecule has 0 spiro atoms. The zero-order valence-electron chi connectivity index (χ0n) is 17.1. The fourth-order valence-corrected chi connectivity index (χ4v) is 3.32. The van der Waals surface area contributed by atoms with Crippen molar-refractivity contribution in [2.45, 2.75) is 13.2 Å². The topological polar surface area (TPSA) is 21.7 Å². The summed E-state index contributed by atoms with van der Waals surface area (Å²) in [6, 6.07) is 37.1. The van der Waals surface area contributed by atoms with Gasteiger partial charge < -0.3 is 14.4 Å². The van der Waals surface area contributed by atoms with E-state index in [9.17, 15) is 0 Å². The van der Waals surface area contributed by atoms with Gasteiger partial charge >= 0.3 is 0 Å². The van der Waals surface area contributed by atoms with E-state index in [0.29, 0.717) is 6.61 Å². The van der Waals surface area contributed by atoms with Crippen molar-refractivity contribution in [3.63, 3.8) is 0 Å². The summed E-state index contributed by atoms with van der Waals surface area (Å²) >= 11 is 0. The predicted molar refractivity (Wildman–Crippen MR) is 122 cm³/mol. The highest BCUT2D eigenvalue weighted by molar-refractivity contribution is 5.64. The number of hydrogen-bond donors (Lipinski definition) is 0. The largest absolute Gasteiger partial charge is 0.497 e. The number of rotatable bonds is 8. The van der Waals surface area contributed by atoms with Crippen LogP contribution in [0.3, 0.4) is 0 Å². The van der Waals surface area contributed by atoms with E-state index in [0.717, 1.165) is 35.0 Å². The van der Waals surface area contributed by atoms with Gasteiger partial charge in [0.2, 0.25) is 0 Å². The number of hydrogen-bond acceptors (Lipinski definition) is 3. The molecule has 150 valence electrons. The van der Waals surface area contributed by atoms with E-state index < -0.39 is 0 Å². The smallest absolute Gasteiger partial charge is 0.119 e. The van der Waals surface area contributed by atoms with Gasteiger partial charge in [-0.15, -0.1) is 0 Å². The summed E-state index contributed by atoms with van der Waals surface area (Å²) in [5, 5.41) is 0. The third-order valence-electron chi connectivity index (χ3n) is 4.96. The van der Waals surface area contributed by atoms with E-state index in [1.54, 1.807) is 7.11 Å². The lowest BCUT2D eigenvalue weighted by molar-refractivity contribution is 0.306. The molecule has 0 aliphatic heterocycles. The zero-order chi connectivity index (χ0) is 20.6. The molecule has 3 nitrogen and oxygen atoms in total. The molecular weight excluding hydrogens is 370 g/mol. The minimum atomic E-state index is 0.564. The minimum absolute atomic E-state index is 0.564. The number of methoxy groups -OCH3 is 1. The first-order valence-electron chi connectivity index (χ1n) is 10.0. The van der Waals surface area contributed by atoms with Crippen molar-refractivity contribution in [2.75, 3.05) is 12.0 Å². The fourth-order valence-electron chi connectivity index (χ4n) is 3.32. The van der Waals surface area contributed by atoms with Crippen LogP contribution in [0.25, 0.3) is 0 Å². The monoisotopic (exact) mass is 395 g/mol. The Hall–Kier alpha value is -3.72. The Morgan fingerprint density at radius 2 is 1.13 bits per heavy atom. The highest BCUT2D eigenvalue weighted by atomic mass is 16.5. The molecule has 0 N–H and O–H groups in total. The molecular formula is C27H25NO2. The Kier molecular flexibility index (Phi) is 6.31. The standard InChI is InChI=1S/C27H25NO2/c1-29-26-16-12-22(13-17-26)20-28(24-10-6-3-7-11-24)25-14-18-27(19-15-25)30-21-23-8-4-2-5-9-23/h2-19H,20-21H2,1H3. The van der Waals surface area contributed by atoms with Crippen LogP contribution in [0.2, 0.25) is 0 Å². The summed E-state index contributed by atoms with van der Waals surface area (Å²) in [6.45, 7) is 1.33. The van der Waals surface area contributed by atoms with Crippen LogP contribution in [-0.4, -0.2) is 7.11 Å². The van der Waals surface area contributed by atoms with Gasteiger partial charge in [-0.25, -0.2) is 0 Å². The van der Waals surface area contributed by atoms with Crippen LogP contribution in [0.5, 0.6) is 11.5 Å². The highest BCUT2D eigenvalue weighted by Gasteiger charge is 2.11. The molecule has 30 heavy (non-hydrogen) atoms. The maximum atomic E-state index is 5.94. The van der Waals surface area contributed by atoms with Crippen molar-refractivity contribution in [1.29, 1.82) is 0 Å². The molecule has 0 fully saturated rings. The molecule has 0 saturated carbocycles. The Balaban J connectivity index is 1.52. The number of benzene rings is 4. The Labute approximate surface area is 178 Å². The Morgan fingerprint density at radius 1 is 0.567 bits per heavy atom. The molecule has 0 radical (unpaired) electrons. The second-order valence-electron chi connectivity index (χ2n) is 7.04. The van der Waals surface area contributed by atoms with Crippen LogP contribution < -0.4 is 14.4 Å². The van der Waals surface area contributed by atoms with Gasteiger partial charge in [0.1, 0.15) is 18.1 Å². The van der Waals surface area contributed by atoms with Crippen molar-refractivity contribution in [2.24, 2.45) is 0 Å². The molecule has 0 bridgehead atoms. The van der Waals surface area contributed by atoms with E-state index in [1.807, 2.05) is 48.5 Å². The number of anilines is 2. The molecule has 4 aromatic rings. The van der Waals surface area contributed by atoms with Crippen LogP contribution in [0, 0.1) is 0 Å². The number of ether oxygens (including phenoxy) is 2. The molecule has 0 unspecified atom stereocenters. The average molecular weight is 396 g/mol. The summed E-state index contributed by atoms with van der Waals surface area (Å²) in [7, 11) is 1.69. The lowest BCUT2D eigenvalue weighted by atomic mass is 10.1. The van der Waals surface area contributed by atoms with Gasteiger partial charge in [0, 0.05) is 17.9 Å². The maximum Gasteiger partial charge on any atom is 0.119 e. The van der Waals surface area contributed by atoms with Gasteiger partial charge in [-0.1, -0.05) is 60.7 Å². The van der Waals surface area contributed by atoms with E-state index in [2.05, 4.69) is 65.6 Å². The molecule has 0 aliphatic rings. The molecule has 0 saturated heterocycles. The van der Waals surface area contributed by atoms with Crippen molar-refractivity contribution >= 4 is 11.4 Å². The van der Waals surface area contributed by atoms with Crippen molar-refractivity contribution in [3.05, 3.63) is 120 Å². The quantitative estimate of drug-likeness (QED) is 0.335. The summed E-state index contributed by atoms with van der Waals surface area (Å²) in [4.78, 5) is 2.29. The molecule has 0 heterocycles. The van der Waals surface area contributed by atoms with Gasteiger partial charge in [0.15, 0.2) is 0 Å². The molecule has 0 atom stereocenters. The van der Waals surface area contributed by atoms with Crippen molar-refractivity contribution in [1.82, 2.24) is 0 Å². The SMILES string of the molecule is COc1ccc(CN(c2ccccc2)c2ccc(OCc3ccccc3)cc2)cc1. The Bertz CT molecular complexity index is 1030. The first kappa shape index (κ1) is 19.6. The molecule has 0 aromatic heterocycles. The van der Waals surface area contributed by atoms with Crippen LogP contribution in [0.15, 0.2) is 109 Å². The molecule has 3 heteroatoms. The van der Waals surface area contributed by atoms with E-state index in [4.69, 9.17) is 9.47 Å². The predicted octanol–water partition coefficient (Wildman–Crippen LogP) is 6.61. The minimum Gasteiger partial charge on any atom is -0.497 e. The third kappa shape index (κ3) is 5.00. The first-order valence-corrected chi connectivity index (χ1v) is 10.0. The first-order chi connectivity index (χ1) is 14.8. The highest BCUT2D eigenvalue weighted by Crippen LogP contribution is 2.29. The van der Waals surface area contributed by atoms with E-state index >= 15 is 0 Å². The van der Waals surface area contributed by atoms with Gasteiger partial charge in [0.25, 0.3) is 0 Å². The van der Waals surface area contributed by atoms with Gasteiger partial charge in [-0.05, 0) is 59.7 Å². The zero-order valence-corrected chi connectivity index (χ0v) is 17.1. The fraction of sp³-hybridized carbons (Fsp3) is 0.111. The summed E-state index contributed by atoms with van der Waals surface area (Å²) in [5.41, 5.74) is 4.63. The molecule has 0 aliphatic carbocycles. The summed E-state index contributed by atoms with van der Waals surface area (Å²) < 4.78 is 11.2. The average Bonchev–Trinajstić information content (AvgIpc) is 2.83. The second kappa shape index (κ2) is 9.66. The van der Waals surface area contributed by atoms with E-state index in [-0.39, 0.29) is 0 Å². The summed E-state index contributed by atoms with van der Waals surface area (Å²) in [6.07, 6.45) is 0. The lowest BCUT2D eigenvalue weighted by Gasteiger charge is -2.25.